The van der Waals surface area contributed by atoms with Crippen LogP contribution in [0.4, 0.5) is 0 Å². The number of rotatable bonds is 21. The van der Waals surface area contributed by atoms with Crippen LogP contribution in [0.1, 0.15) is 51.9 Å². The molecule has 29 heavy (non-hydrogen) atoms. The fraction of sp³-hybridized carbons (Fsp3) is 0.900. The van der Waals surface area contributed by atoms with Crippen molar-refractivity contribution in [3.05, 3.63) is 0 Å². The molecule has 0 aliphatic rings. The normalized spacial score (nSPS) is 12.0. The summed E-state index contributed by atoms with van der Waals surface area (Å²) >= 11 is 0. The Labute approximate surface area is 185 Å². The van der Waals surface area contributed by atoms with Crippen molar-refractivity contribution in [2.75, 3.05) is 58.4 Å². The number of ether oxygens (including phenoxy) is 1. The summed E-state index contributed by atoms with van der Waals surface area (Å²) in [6.07, 6.45) is 8.67. The maximum absolute atomic E-state index is 11.7. The van der Waals surface area contributed by atoms with Crippen LogP contribution in [0.15, 0.2) is 0 Å². The molecule has 9 heteroatoms. The first-order valence-corrected chi connectivity index (χ1v) is 13.5. The highest BCUT2D eigenvalue weighted by Gasteiger charge is 2.04. The molecule has 0 bridgehead atoms. The van der Waals surface area contributed by atoms with E-state index in [0.29, 0.717) is 25.6 Å². The molecule has 1 unspecified atom stereocenters. The third kappa shape index (κ3) is 22.0. The first-order valence-electron chi connectivity index (χ1n) is 10.7. The highest BCUT2D eigenvalue weighted by atomic mass is 33.1. The zero-order valence-electron chi connectivity index (χ0n) is 18.5. The molecule has 0 spiro atoms. The zero-order valence-corrected chi connectivity index (χ0v) is 20.2. The summed E-state index contributed by atoms with van der Waals surface area (Å²) in [6, 6.07) is 0.397. The second-order valence-electron chi connectivity index (χ2n) is 7.01. The van der Waals surface area contributed by atoms with E-state index in [-0.39, 0.29) is 18.4 Å². The van der Waals surface area contributed by atoms with Crippen molar-refractivity contribution in [1.82, 2.24) is 21.3 Å². The molecule has 0 aromatic rings. The third-order valence-corrected chi connectivity index (χ3v) is 6.12. The number of nitrogens with one attached hydrogen (secondary N) is 4. The van der Waals surface area contributed by atoms with Gasteiger partial charge in [0.05, 0.1) is 0 Å². The second kappa shape index (κ2) is 22.2. The number of carbonyl (C=O) groups is 2. The van der Waals surface area contributed by atoms with Crippen molar-refractivity contribution < 1.29 is 14.3 Å². The van der Waals surface area contributed by atoms with Gasteiger partial charge in [0.15, 0.2) is 0 Å². The van der Waals surface area contributed by atoms with E-state index in [1.165, 1.54) is 0 Å². The van der Waals surface area contributed by atoms with Gasteiger partial charge >= 0.3 is 0 Å². The molecule has 4 N–H and O–H groups in total. The highest BCUT2D eigenvalue weighted by molar-refractivity contribution is 8.76. The molecule has 7 nitrogen and oxygen atoms in total. The molecular weight excluding hydrogens is 408 g/mol. The Morgan fingerprint density at radius 1 is 0.931 bits per heavy atom. The minimum Gasteiger partial charge on any atom is -0.372 e. The lowest BCUT2D eigenvalue weighted by atomic mass is 10.2. The maximum atomic E-state index is 11.7. The van der Waals surface area contributed by atoms with Crippen LogP contribution in [0.5, 0.6) is 0 Å². The van der Waals surface area contributed by atoms with E-state index in [2.05, 4.69) is 28.2 Å². The van der Waals surface area contributed by atoms with E-state index in [1.54, 1.807) is 21.6 Å². The molecule has 0 saturated heterocycles. The number of hydrogen-bond acceptors (Lipinski definition) is 7. The van der Waals surface area contributed by atoms with E-state index in [9.17, 15) is 9.59 Å². The Bertz CT molecular complexity index is 404. The van der Waals surface area contributed by atoms with E-state index in [0.717, 1.165) is 63.9 Å². The number of unbranched alkanes of at least 4 members (excludes halogenated alkanes) is 3. The van der Waals surface area contributed by atoms with Gasteiger partial charge in [0.1, 0.15) is 6.61 Å². The molecule has 0 aliphatic carbocycles. The zero-order chi connectivity index (χ0) is 21.6. The predicted octanol–water partition coefficient (Wildman–Crippen LogP) is 2.17. The minimum absolute atomic E-state index is 0.0463. The Morgan fingerprint density at radius 3 is 2.28 bits per heavy atom. The van der Waals surface area contributed by atoms with Gasteiger partial charge in [-0.3, -0.25) is 9.59 Å². The largest absolute Gasteiger partial charge is 0.372 e. The van der Waals surface area contributed by atoms with Gasteiger partial charge in [0, 0.05) is 37.9 Å². The average Bonchev–Trinajstić information content (AvgIpc) is 2.70. The van der Waals surface area contributed by atoms with Crippen molar-refractivity contribution in [3.8, 4) is 0 Å². The minimum atomic E-state index is -0.0463. The van der Waals surface area contributed by atoms with E-state index in [1.807, 2.05) is 13.3 Å². The monoisotopic (exact) mass is 450 g/mol. The van der Waals surface area contributed by atoms with Gasteiger partial charge in [-0.15, -0.1) is 0 Å². The lowest BCUT2D eigenvalue weighted by Crippen LogP contribution is -2.31. The molecule has 0 saturated carbocycles. The predicted molar refractivity (Wildman–Crippen MR) is 127 cm³/mol. The lowest BCUT2D eigenvalue weighted by Gasteiger charge is -2.13. The van der Waals surface area contributed by atoms with Crippen LogP contribution >= 0.6 is 21.6 Å². The number of amides is 2. The van der Waals surface area contributed by atoms with Crippen molar-refractivity contribution in [2.45, 2.75) is 57.9 Å². The van der Waals surface area contributed by atoms with Crippen molar-refractivity contribution >= 4 is 33.4 Å². The number of carbonyl (C=O) groups excluding carboxylic acids is 2. The Morgan fingerprint density at radius 2 is 1.62 bits per heavy atom. The van der Waals surface area contributed by atoms with Crippen LogP contribution in [-0.2, 0) is 14.3 Å². The lowest BCUT2D eigenvalue weighted by molar-refractivity contribution is -0.125. The van der Waals surface area contributed by atoms with Gasteiger partial charge < -0.3 is 26.0 Å². The first kappa shape index (κ1) is 28.5. The summed E-state index contributed by atoms with van der Waals surface area (Å²) in [5.41, 5.74) is 0. The molecule has 2 amide bonds. The summed E-state index contributed by atoms with van der Waals surface area (Å²) in [7, 11) is 5.36. The SMILES string of the molecule is CNCCCNC(C)CCOCC(=O)NCCCCCCNC(=O)CCSSC. The first-order chi connectivity index (χ1) is 14.1. The summed E-state index contributed by atoms with van der Waals surface area (Å²) in [5.74, 6) is 0.955. The van der Waals surface area contributed by atoms with Crippen molar-refractivity contribution in [2.24, 2.45) is 0 Å². The van der Waals surface area contributed by atoms with Crippen LogP contribution in [-0.4, -0.2) is 76.3 Å². The molecule has 0 aromatic carbocycles. The fourth-order valence-corrected chi connectivity index (χ4v) is 3.74. The average molecular weight is 451 g/mol. The molecule has 0 radical (unpaired) electrons. The van der Waals surface area contributed by atoms with Gasteiger partial charge in [-0.25, -0.2) is 0 Å². The van der Waals surface area contributed by atoms with Gasteiger partial charge in [0.25, 0.3) is 0 Å². The standard InChI is InChI=1S/C20H42N4O3S2/c1-18(22-14-8-11-21-2)9-15-27-17-20(26)24-13-7-5-4-6-12-23-19(25)10-16-29-28-3/h18,21-22H,4-17H2,1-3H3,(H,23,25)(H,24,26). The van der Waals surface area contributed by atoms with Gasteiger partial charge in [-0.2, -0.15) is 0 Å². The molecule has 0 aliphatic heterocycles. The van der Waals surface area contributed by atoms with Crippen molar-refractivity contribution in [1.29, 1.82) is 0 Å². The topological polar surface area (TPSA) is 91.5 Å². The highest BCUT2D eigenvalue weighted by Crippen LogP contribution is 2.17. The van der Waals surface area contributed by atoms with E-state index < -0.39 is 0 Å². The molecule has 0 fully saturated rings. The summed E-state index contributed by atoms with van der Waals surface area (Å²) in [6.45, 7) is 6.30. The second-order valence-corrected chi connectivity index (χ2v) is 9.69. The quantitative estimate of drug-likeness (QED) is 0.157. The summed E-state index contributed by atoms with van der Waals surface area (Å²) in [4.78, 5) is 23.3. The maximum Gasteiger partial charge on any atom is 0.245 e. The molecule has 0 aromatic heterocycles. The van der Waals surface area contributed by atoms with Crippen LogP contribution in [0, 0.1) is 0 Å². The Balaban J connectivity index is 3.34. The van der Waals surface area contributed by atoms with E-state index in [4.69, 9.17) is 4.74 Å². The van der Waals surface area contributed by atoms with Crippen LogP contribution < -0.4 is 21.3 Å². The van der Waals surface area contributed by atoms with Gasteiger partial charge in [0.2, 0.25) is 11.8 Å². The van der Waals surface area contributed by atoms with Gasteiger partial charge in [-0.05, 0) is 59.0 Å². The Kier molecular flexibility index (Phi) is 21.8. The smallest absolute Gasteiger partial charge is 0.245 e. The summed E-state index contributed by atoms with van der Waals surface area (Å²) in [5, 5.41) is 12.4. The molecule has 0 heterocycles. The third-order valence-electron chi connectivity index (χ3n) is 4.30. The van der Waals surface area contributed by atoms with Crippen LogP contribution in [0.3, 0.4) is 0 Å². The molecular formula is C20H42N4O3S2. The van der Waals surface area contributed by atoms with Crippen LogP contribution in [0.2, 0.25) is 0 Å². The molecule has 1 atom stereocenters. The molecule has 172 valence electrons. The Hall–Kier alpha value is -0.480. The number of hydrogen-bond donors (Lipinski definition) is 4. The van der Waals surface area contributed by atoms with E-state index >= 15 is 0 Å². The van der Waals surface area contributed by atoms with Gasteiger partial charge in [-0.1, -0.05) is 34.4 Å². The summed E-state index contributed by atoms with van der Waals surface area (Å²) < 4.78 is 5.45. The van der Waals surface area contributed by atoms with Crippen molar-refractivity contribution in [3.63, 3.8) is 0 Å². The fourth-order valence-electron chi connectivity index (χ4n) is 2.56. The molecule has 0 rings (SSSR count). The van der Waals surface area contributed by atoms with Crippen LogP contribution in [0.25, 0.3) is 0 Å².